The number of aromatic nitrogens is 3. The third-order valence-electron chi connectivity index (χ3n) is 6.74. The van der Waals surface area contributed by atoms with Crippen molar-refractivity contribution in [3.8, 4) is 0 Å². The maximum atomic E-state index is 13.5. The van der Waals surface area contributed by atoms with Gasteiger partial charge in [-0.05, 0) is 45.2 Å². The van der Waals surface area contributed by atoms with Crippen molar-refractivity contribution in [3.05, 3.63) is 69.5 Å². The van der Waals surface area contributed by atoms with E-state index in [9.17, 15) is 9.59 Å². The van der Waals surface area contributed by atoms with Crippen molar-refractivity contribution in [3.63, 3.8) is 0 Å². The van der Waals surface area contributed by atoms with Crippen LogP contribution in [0, 0.1) is 0 Å². The fourth-order valence-corrected chi connectivity index (χ4v) is 4.85. The molecule has 7 nitrogen and oxygen atoms in total. The van der Waals surface area contributed by atoms with Crippen LogP contribution in [0.25, 0.3) is 10.9 Å². The molecule has 7 heteroatoms. The molecule has 0 unspecified atom stereocenters. The summed E-state index contributed by atoms with van der Waals surface area (Å²) in [6.07, 6.45) is 3.49. The van der Waals surface area contributed by atoms with E-state index in [1.807, 2.05) is 35.2 Å². The van der Waals surface area contributed by atoms with Gasteiger partial charge in [0.05, 0.1) is 22.8 Å². The average Bonchev–Trinajstić information content (AvgIpc) is 2.83. The van der Waals surface area contributed by atoms with Gasteiger partial charge in [0.15, 0.2) is 0 Å². The van der Waals surface area contributed by atoms with Crippen molar-refractivity contribution in [2.24, 2.45) is 0 Å². The molecule has 5 rings (SSSR count). The van der Waals surface area contributed by atoms with Gasteiger partial charge in [0.25, 0.3) is 11.5 Å². The number of hydrogen-bond acceptors (Lipinski definition) is 5. The largest absolute Gasteiger partial charge is 0.327 e. The maximum absolute atomic E-state index is 13.5. The second-order valence-corrected chi connectivity index (χ2v) is 9.09. The fourth-order valence-electron chi connectivity index (χ4n) is 4.85. The van der Waals surface area contributed by atoms with Crippen LogP contribution in [0.1, 0.15) is 66.7 Å². The highest BCUT2D eigenvalue weighted by Gasteiger charge is 2.32. The highest BCUT2D eigenvalue weighted by Crippen LogP contribution is 2.31. The van der Waals surface area contributed by atoms with E-state index in [4.69, 9.17) is 4.98 Å². The fraction of sp³-hybridized carbons (Fsp3) is 0.440. The molecule has 0 saturated carbocycles. The quantitative estimate of drug-likeness (QED) is 0.687. The van der Waals surface area contributed by atoms with Gasteiger partial charge in [-0.25, -0.2) is 9.97 Å². The summed E-state index contributed by atoms with van der Waals surface area (Å²) in [4.78, 5) is 43.0. The summed E-state index contributed by atoms with van der Waals surface area (Å²) >= 11 is 0. The highest BCUT2D eigenvalue weighted by atomic mass is 16.2. The summed E-state index contributed by atoms with van der Waals surface area (Å²) < 4.78 is 0. The Labute approximate surface area is 187 Å². The lowest BCUT2D eigenvalue weighted by Gasteiger charge is -2.36. The van der Waals surface area contributed by atoms with Gasteiger partial charge in [-0.1, -0.05) is 24.3 Å². The SMILES string of the molecule is CC(C)N1CCc2nc([C@@H]3CCCCN3C(=O)c3ccc4ccccc4n3)[nH]c(=O)c2C1. The molecule has 1 saturated heterocycles. The Balaban J connectivity index is 1.46. The number of hydrogen-bond donors (Lipinski definition) is 1. The van der Waals surface area contributed by atoms with E-state index in [-0.39, 0.29) is 17.5 Å². The van der Waals surface area contributed by atoms with Crippen molar-refractivity contribution in [2.45, 2.75) is 58.2 Å². The Morgan fingerprint density at radius 2 is 1.94 bits per heavy atom. The molecule has 2 aliphatic rings. The number of likely N-dealkylation sites (tertiary alicyclic amines) is 1. The van der Waals surface area contributed by atoms with Crippen LogP contribution in [0.5, 0.6) is 0 Å². The van der Waals surface area contributed by atoms with Gasteiger partial charge in [0, 0.05) is 37.5 Å². The number of nitrogens with one attached hydrogen (secondary N) is 1. The van der Waals surface area contributed by atoms with Crippen LogP contribution in [-0.4, -0.2) is 49.8 Å². The Morgan fingerprint density at radius 3 is 2.78 bits per heavy atom. The summed E-state index contributed by atoms with van der Waals surface area (Å²) in [5, 5.41) is 1.01. The number of amides is 1. The number of rotatable bonds is 3. The number of para-hydroxylation sites is 1. The van der Waals surface area contributed by atoms with E-state index in [2.05, 4.69) is 28.7 Å². The van der Waals surface area contributed by atoms with E-state index in [0.717, 1.165) is 54.4 Å². The third kappa shape index (κ3) is 3.81. The molecule has 2 aliphatic heterocycles. The van der Waals surface area contributed by atoms with Crippen LogP contribution < -0.4 is 5.56 Å². The third-order valence-corrected chi connectivity index (χ3v) is 6.74. The zero-order chi connectivity index (χ0) is 22.2. The van der Waals surface area contributed by atoms with Crippen molar-refractivity contribution in [2.75, 3.05) is 13.1 Å². The van der Waals surface area contributed by atoms with Crippen molar-refractivity contribution in [1.82, 2.24) is 24.8 Å². The van der Waals surface area contributed by atoms with E-state index in [0.29, 0.717) is 30.6 Å². The topological polar surface area (TPSA) is 82.2 Å². The molecular formula is C25H29N5O2. The molecule has 1 atom stereocenters. The van der Waals surface area contributed by atoms with E-state index < -0.39 is 0 Å². The molecule has 166 valence electrons. The monoisotopic (exact) mass is 431 g/mol. The number of pyridine rings is 1. The van der Waals surface area contributed by atoms with E-state index in [1.165, 1.54) is 0 Å². The first kappa shape index (κ1) is 20.8. The number of fused-ring (bicyclic) bond motifs is 2. The van der Waals surface area contributed by atoms with Crippen LogP contribution >= 0.6 is 0 Å². The van der Waals surface area contributed by atoms with Crippen LogP contribution in [0.4, 0.5) is 0 Å². The first-order valence-electron chi connectivity index (χ1n) is 11.5. The molecule has 1 N–H and O–H groups in total. The van der Waals surface area contributed by atoms with Crippen LogP contribution in [0.15, 0.2) is 41.2 Å². The number of carbonyl (C=O) groups is 1. The smallest absolute Gasteiger partial charge is 0.273 e. The predicted molar refractivity (Wildman–Crippen MR) is 123 cm³/mol. The second kappa shape index (κ2) is 8.47. The molecule has 4 heterocycles. The number of nitrogens with zero attached hydrogens (tertiary/aromatic N) is 4. The minimum Gasteiger partial charge on any atom is -0.327 e. The first-order chi connectivity index (χ1) is 15.5. The number of benzene rings is 1. The normalized spacial score (nSPS) is 19.3. The minimum atomic E-state index is -0.231. The summed E-state index contributed by atoms with van der Waals surface area (Å²) in [6, 6.07) is 11.7. The van der Waals surface area contributed by atoms with Crippen molar-refractivity contribution in [1.29, 1.82) is 0 Å². The lowest BCUT2D eigenvalue weighted by Crippen LogP contribution is -2.42. The molecule has 2 aromatic heterocycles. The highest BCUT2D eigenvalue weighted by molar-refractivity contribution is 5.95. The molecular weight excluding hydrogens is 402 g/mol. The number of H-pyrrole nitrogens is 1. The van der Waals surface area contributed by atoms with Crippen LogP contribution in [-0.2, 0) is 13.0 Å². The maximum Gasteiger partial charge on any atom is 0.273 e. The molecule has 1 aromatic carbocycles. The molecule has 0 aliphatic carbocycles. The van der Waals surface area contributed by atoms with Gasteiger partial charge < -0.3 is 9.88 Å². The summed E-state index contributed by atoms with van der Waals surface area (Å²) in [5.74, 6) is 0.507. The minimum absolute atomic E-state index is 0.0721. The molecule has 3 aromatic rings. The molecule has 1 amide bonds. The summed E-state index contributed by atoms with van der Waals surface area (Å²) in [7, 11) is 0. The Kier molecular flexibility index (Phi) is 5.51. The number of piperidine rings is 1. The lowest BCUT2D eigenvalue weighted by atomic mass is 9.99. The Morgan fingerprint density at radius 1 is 1.09 bits per heavy atom. The predicted octanol–water partition coefficient (Wildman–Crippen LogP) is 3.45. The second-order valence-electron chi connectivity index (χ2n) is 9.09. The van der Waals surface area contributed by atoms with E-state index >= 15 is 0 Å². The molecule has 1 fully saturated rings. The van der Waals surface area contributed by atoms with Crippen molar-refractivity contribution >= 4 is 16.8 Å². The molecule has 0 spiro atoms. The standard InChI is InChI=1S/C25H29N5O2/c1-16(2)29-14-12-20-18(15-29)24(31)28-23(27-20)22-9-5-6-13-30(22)25(32)21-11-10-17-7-3-4-8-19(17)26-21/h3-4,7-8,10-11,16,22H,5-6,9,12-15H2,1-2H3,(H,27,28,31)/t22-/m0/s1. The zero-order valence-electron chi connectivity index (χ0n) is 18.7. The summed E-state index contributed by atoms with van der Waals surface area (Å²) in [5.41, 5.74) is 2.81. The number of aromatic amines is 1. The molecule has 32 heavy (non-hydrogen) atoms. The van der Waals surface area contributed by atoms with Gasteiger partial charge in [0.1, 0.15) is 11.5 Å². The lowest BCUT2D eigenvalue weighted by molar-refractivity contribution is 0.0593. The Hall–Kier alpha value is -3.06. The number of carbonyl (C=O) groups excluding carboxylic acids is 1. The molecule has 0 radical (unpaired) electrons. The van der Waals surface area contributed by atoms with Crippen LogP contribution in [0.2, 0.25) is 0 Å². The first-order valence-corrected chi connectivity index (χ1v) is 11.5. The van der Waals surface area contributed by atoms with Gasteiger partial charge in [-0.15, -0.1) is 0 Å². The zero-order valence-corrected chi connectivity index (χ0v) is 18.7. The van der Waals surface area contributed by atoms with Gasteiger partial charge in [-0.2, -0.15) is 0 Å². The van der Waals surface area contributed by atoms with Crippen LogP contribution in [0.3, 0.4) is 0 Å². The summed E-state index contributed by atoms with van der Waals surface area (Å²) in [6.45, 7) is 6.46. The molecule has 0 bridgehead atoms. The van der Waals surface area contributed by atoms with Gasteiger partial charge in [-0.3, -0.25) is 14.5 Å². The van der Waals surface area contributed by atoms with Gasteiger partial charge >= 0.3 is 0 Å². The Bertz CT molecular complexity index is 1220. The average molecular weight is 432 g/mol. The van der Waals surface area contributed by atoms with E-state index in [1.54, 1.807) is 6.07 Å². The van der Waals surface area contributed by atoms with Gasteiger partial charge in [0.2, 0.25) is 0 Å². The van der Waals surface area contributed by atoms with Crippen molar-refractivity contribution < 1.29 is 4.79 Å².